The van der Waals surface area contributed by atoms with Crippen molar-refractivity contribution in [2.24, 2.45) is 5.92 Å². The molecule has 3 aliphatic rings. The summed E-state index contributed by atoms with van der Waals surface area (Å²) in [6.07, 6.45) is 8.80. The van der Waals surface area contributed by atoms with E-state index < -0.39 is 0 Å². The fraction of sp³-hybridized carbons (Fsp3) is 0.737. The van der Waals surface area contributed by atoms with Crippen LogP contribution in [0.5, 0.6) is 0 Å². The molecule has 1 saturated carbocycles. The minimum atomic E-state index is 0.0284. The van der Waals surface area contributed by atoms with Gasteiger partial charge in [0.25, 0.3) is 0 Å². The number of amides is 1. The van der Waals surface area contributed by atoms with Gasteiger partial charge in [-0.25, -0.2) is 0 Å². The van der Waals surface area contributed by atoms with Crippen molar-refractivity contribution >= 4 is 17.2 Å². The van der Waals surface area contributed by atoms with Gasteiger partial charge >= 0.3 is 0 Å². The van der Waals surface area contributed by atoms with Crippen LogP contribution in [0, 0.1) is 5.92 Å². The first-order valence-electron chi connectivity index (χ1n) is 9.62. The van der Waals surface area contributed by atoms with Gasteiger partial charge in [0, 0.05) is 17.5 Å². The Morgan fingerprint density at radius 3 is 2.88 bits per heavy atom. The normalized spacial score (nSPS) is 31.8. The van der Waals surface area contributed by atoms with Crippen molar-refractivity contribution < 1.29 is 4.79 Å². The quantitative estimate of drug-likeness (QED) is 0.861. The number of thiophene rings is 1. The van der Waals surface area contributed by atoms with Gasteiger partial charge < -0.3 is 10.6 Å². The molecular weight excluding hydrogens is 318 g/mol. The Balaban J connectivity index is 1.34. The molecule has 0 bridgehead atoms. The number of likely N-dealkylation sites (tertiary alicyclic amines) is 1. The predicted molar refractivity (Wildman–Crippen MR) is 98.2 cm³/mol. The minimum absolute atomic E-state index is 0.0284. The van der Waals surface area contributed by atoms with Gasteiger partial charge in [0.2, 0.25) is 5.91 Å². The summed E-state index contributed by atoms with van der Waals surface area (Å²) < 4.78 is 0. The van der Waals surface area contributed by atoms with Gasteiger partial charge in [0.1, 0.15) is 0 Å². The first-order valence-corrected chi connectivity index (χ1v) is 10.5. The van der Waals surface area contributed by atoms with Crippen molar-refractivity contribution in [1.29, 1.82) is 0 Å². The van der Waals surface area contributed by atoms with Crippen LogP contribution in [0.1, 0.15) is 55.9 Å². The molecule has 0 aromatic carbocycles. The van der Waals surface area contributed by atoms with Crippen LogP contribution < -0.4 is 10.6 Å². The van der Waals surface area contributed by atoms with Gasteiger partial charge in [0.05, 0.1) is 12.1 Å². The van der Waals surface area contributed by atoms with E-state index in [2.05, 4.69) is 33.0 Å². The van der Waals surface area contributed by atoms with Crippen molar-refractivity contribution in [3.8, 4) is 0 Å². The van der Waals surface area contributed by atoms with Crippen LogP contribution in [-0.2, 0) is 4.79 Å². The molecule has 4 rings (SSSR count). The third-order valence-electron chi connectivity index (χ3n) is 6.10. The van der Waals surface area contributed by atoms with E-state index in [1.807, 2.05) is 11.3 Å². The molecule has 1 amide bonds. The summed E-state index contributed by atoms with van der Waals surface area (Å²) in [6.45, 7) is 3.06. The first kappa shape index (κ1) is 16.6. The molecule has 132 valence electrons. The highest BCUT2D eigenvalue weighted by molar-refractivity contribution is 7.10. The molecule has 4 nitrogen and oxygen atoms in total. The average Bonchev–Trinajstić information content (AvgIpc) is 3.35. The molecule has 0 radical (unpaired) electrons. The van der Waals surface area contributed by atoms with E-state index in [9.17, 15) is 4.79 Å². The molecule has 4 atom stereocenters. The third kappa shape index (κ3) is 3.53. The second-order valence-corrected chi connectivity index (χ2v) is 8.60. The van der Waals surface area contributed by atoms with Gasteiger partial charge in [-0.1, -0.05) is 18.9 Å². The van der Waals surface area contributed by atoms with E-state index >= 15 is 0 Å². The summed E-state index contributed by atoms with van der Waals surface area (Å²) in [5, 5.41) is 9.00. The maximum Gasteiger partial charge on any atom is 0.237 e. The van der Waals surface area contributed by atoms with Gasteiger partial charge in [-0.3, -0.25) is 9.69 Å². The highest BCUT2D eigenvalue weighted by atomic mass is 32.1. The number of nitrogens with one attached hydrogen (secondary N) is 2. The zero-order valence-electron chi connectivity index (χ0n) is 14.4. The summed E-state index contributed by atoms with van der Waals surface area (Å²) >= 11 is 1.81. The van der Waals surface area contributed by atoms with Crippen molar-refractivity contribution in [2.75, 3.05) is 19.6 Å². The zero-order chi connectivity index (χ0) is 16.4. The van der Waals surface area contributed by atoms with E-state index in [1.165, 1.54) is 43.4 Å². The van der Waals surface area contributed by atoms with Crippen molar-refractivity contribution in [2.45, 2.75) is 63.1 Å². The SMILES string of the molecule is O=C(NCC(c1cccs1)N1CCCC1)C1CC2CCCCC2N1. The van der Waals surface area contributed by atoms with Crippen LogP contribution in [0.4, 0.5) is 0 Å². The lowest BCUT2D eigenvalue weighted by molar-refractivity contribution is -0.123. The summed E-state index contributed by atoms with van der Waals surface area (Å²) in [5.41, 5.74) is 0. The lowest BCUT2D eigenvalue weighted by Crippen LogP contribution is -2.45. The first-order chi connectivity index (χ1) is 11.8. The highest BCUT2D eigenvalue weighted by Crippen LogP contribution is 2.33. The molecular formula is C19H29N3OS. The average molecular weight is 348 g/mol. The van der Waals surface area contributed by atoms with Crippen molar-refractivity contribution in [3.63, 3.8) is 0 Å². The van der Waals surface area contributed by atoms with Gasteiger partial charge in [-0.05, 0) is 62.6 Å². The Morgan fingerprint density at radius 2 is 2.12 bits per heavy atom. The van der Waals surface area contributed by atoms with Crippen LogP contribution in [0.25, 0.3) is 0 Å². The Bertz CT molecular complexity index is 527. The topological polar surface area (TPSA) is 44.4 Å². The largest absolute Gasteiger partial charge is 0.353 e. The highest BCUT2D eigenvalue weighted by Gasteiger charge is 2.38. The second kappa shape index (κ2) is 7.54. The van der Waals surface area contributed by atoms with E-state index in [1.54, 1.807) is 0 Å². The second-order valence-electron chi connectivity index (χ2n) is 7.63. The van der Waals surface area contributed by atoms with Gasteiger partial charge in [0.15, 0.2) is 0 Å². The van der Waals surface area contributed by atoms with Crippen LogP contribution >= 0.6 is 11.3 Å². The number of rotatable bonds is 5. The van der Waals surface area contributed by atoms with Crippen LogP contribution in [-0.4, -0.2) is 42.5 Å². The number of fused-ring (bicyclic) bond motifs is 1. The number of nitrogens with zero attached hydrogens (tertiary/aromatic N) is 1. The molecule has 0 spiro atoms. The Morgan fingerprint density at radius 1 is 1.29 bits per heavy atom. The Hall–Kier alpha value is -0.910. The maximum atomic E-state index is 12.7. The Kier molecular flexibility index (Phi) is 5.20. The number of carbonyl (C=O) groups excluding carboxylic acids is 1. The lowest BCUT2D eigenvalue weighted by atomic mass is 9.85. The summed E-state index contributed by atoms with van der Waals surface area (Å²) in [6, 6.07) is 5.29. The zero-order valence-corrected chi connectivity index (χ0v) is 15.2. The van der Waals surface area contributed by atoms with Crippen molar-refractivity contribution in [3.05, 3.63) is 22.4 Å². The molecule has 1 aromatic heterocycles. The van der Waals surface area contributed by atoms with Gasteiger partial charge in [-0.2, -0.15) is 0 Å². The van der Waals surface area contributed by atoms with Crippen LogP contribution in [0.2, 0.25) is 0 Å². The van der Waals surface area contributed by atoms with E-state index in [0.717, 1.165) is 32.0 Å². The smallest absolute Gasteiger partial charge is 0.237 e. The molecule has 2 saturated heterocycles. The van der Waals surface area contributed by atoms with E-state index in [-0.39, 0.29) is 11.9 Å². The van der Waals surface area contributed by atoms with Gasteiger partial charge in [-0.15, -0.1) is 11.3 Å². The number of hydrogen-bond acceptors (Lipinski definition) is 4. The fourth-order valence-corrected chi connectivity index (χ4v) is 5.65. The molecule has 5 heteroatoms. The molecule has 24 heavy (non-hydrogen) atoms. The van der Waals surface area contributed by atoms with E-state index in [0.29, 0.717) is 12.1 Å². The molecule has 1 aliphatic carbocycles. The number of carbonyl (C=O) groups is 1. The summed E-state index contributed by atoms with van der Waals surface area (Å²) in [4.78, 5) is 16.6. The van der Waals surface area contributed by atoms with Crippen LogP contribution in [0.3, 0.4) is 0 Å². The summed E-state index contributed by atoms with van der Waals surface area (Å²) in [7, 11) is 0. The fourth-order valence-electron chi connectivity index (χ4n) is 4.79. The van der Waals surface area contributed by atoms with Crippen LogP contribution in [0.15, 0.2) is 17.5 Å². The standard InChI is InChI=1S/C19H29N3OS/c23-19(16-12-14-6-1-2-7-15(14)21-16)20-13-17(18-8-5-11-24-18)22-9-3-4-10-22/h5,8,11,14-17,21H,1-4,6-7,9-10,12-13H2,(H,20,23). The maximum absolute atomic E-state index is 12.7. The molecule has 3 heterocycles. The number of hydrogen-bond donors (Lipinski definition) is 2. The monoisotopic (exact) mass is 347 g/mol. The van der Waals surface area contributed by atoms with Crippen molar-refractivity contribution in [1.82, 2.24) is 15.5 Å². The predicted octanol–water partition coefficient (Wildman–Crippen LogP) is 2.92. The van der Waals surface area contributed by atoms with E-state index in [4.69, 9.17) is 0 Å². The third-order valence-corrected chi connectivity index (χ3v) is 7.08. The lowest BCUT2D eigenvalue weighted by Gasteiger charge is -2.27. The summed E-state index contributed by atoms with van der Waals surface area (Å²) in [5.74, 6) is 0.936. The molecule has 3 fully saturated rings. The molecule has 2 aliphatic heterocycles. The Labute approximate surface area is 149 Å². The molecule has 4 unspecified atom stereocenters. The minimum Gasteiger partial charge on any atom is -0.353 e. The molecule has 1 aromatic rings. The molecule has 2 N–H and O–H groups in total.